The van der Waals surface area contributed by atoms with Gasteiger partial charge >= 0.3 is 0 Å². The second kappa shape index (κ2) is 8.49. The van der Waals surface area contributed by atoms with Crippen molar-refractivity contribution in [2.75, 3.05) is 38.0 Å². The molecule has 2 heterocycles. The first-order chi connectivity index (χ1) is 12.6. The Bertz CT molecular complexity index is 775. The van der Waals surface area contributed by atoms with E-state index in [0.29, 0.717) is 38.5 Å². The number of rotatable bonds is 5. The van der Waals surface area contributed by atoms with Crippen molar-refractivity contribution in [3.05, 3.63) is 60.1 Å². The fourth-order valence-electron chi connectivity index (χ4n) is 2.85. The molecule has 1 aliphatic heterocycles. The van der Waals surface area contributed by atoms with Crippen LogP contribution in [0.3, 0.4) is 0 Å². The lowest BCUT2D eigenvalue weighted by atomic mass is 10.2. The van der Waals surface area contributed by atoms with E-state index in [0.717, 1.165) is 11.4 Å². The van der Waals surface area contributed by atoms with Crippen LogP contribution in [0, 0.1) is 6.92 Å². The van der Waals surface area contributed by atoms with E-state index >= 15 is 0 Å². The summed E-state index contributed by atoms with van der Waals surface area (Å²) in [4.78, 5) is 28.2. The highest BCUT2D eigenvalue weighted by Crippen LogP contribution is 2.10. The van der Waals surface area contributed by atoms with Crippen molar-refractivity contribution < 1.29 is 14.0 Å². The van der Waals surface area contributed by atoms with E-state index in [1.54, 1.807) is 11.0 Å². The van der Waals surface area contributed by atoms with Crippen molar-refractivity contribution in [3.8, 4) is 0 Å². The third-order valence-electron chi connectivity index (χ3n) is 4.26. The zero-order chi connectivity index (χ0) is 18.4. The number of piperazine rings is 1. The molecule has 0 spiro atoms. The third kappa shape index (κ3) is 5.07. The highest BCUT2D eigenvalue weighted by molar-refractivity contribution is 5.92. The minimum Gasteiger partial charge on any atom is -0.462 e. The summed E-state index contributed by atoms with van der Waals surface area (Å²) in [5.41, 5.74) is 0.796. The molecule has 6 heteroatoms. The lowest BCUT2D eigenvalue weighted by molar-refractivity contribution is -0.127. The summed E-state index contributed by atoms with van der Waals surface area (Å²) in [6, 6.07) is 13.1. The molecule has 3 rings (SSSR count). The molecule has 0 atom stereocenters. The largest absolute Gasteiger partial charge is 0.462 e. The molecule has 0 radical (unpaired) electrons. The second-order valence-electron chi connectivity index (χ2n) is 6.30. The van der Waals surface area contributed by atoms with Gasteiger partial charge in [-0.25, -0.2) is 0 Å². The van der Waals surface area contributed by atoms with Crippen molar-refractivity contribution in [1.82, 2.24) is 9.80 Å². The molecule has 0 unspecified atom stereocenters. The zero-order valence-corrected chi connectivity index (χ0v) is 14.9. The fourth-order valence-corrected chi connectivity index (χ4v) is 2.85. The number of nitrogens with one attached hydrogen (secondary N) is 1. The van der Waals surface area contributed by atoms with Crippen molar-refractivity contribution in [1.29, 1.82) is 0 Å². The number of carbonyl (C=O) groups excluding carboxylic acids is 2. The molecule has 1 aromatic carbocycles. The number of furan rings is 1. The maximum atomic E-state index is 12.2. The van der Waals surface area contributed by atoms with Crippen molar-refractivity contribution in [3.63, 3.8) is 0 Å². The van der Waals surface area contributed by atoms with Crippen LogP contribution in [0.25, 0.3) is 6.08 Å². The van der Waals surface area contributed by atoms with E-state index in [9.17, 15) is 9.59 Å². The van der Waals surface area contributed by atoms with E-state index in [4.69, 9.17) is 4.42 Å². The molecule has 0 bridgehead atoms. The molecule has 1 N–H and O–H groups in total. The minimum atomic E-state index is -0.0379. The van der Waals surface area contributed by atoms with E-state index in [2.05, 4.69) is 10.2 Å². The van der Waals surface area contributed by atoms with Gasteiger partial charge in [0.25, 0.3) is 0 Å². The lowest BCUT2D eigenvalue weighted by Crippen LogP contribution is -2.50. The summed E-state index contributed by atoms with van der Waals surface area (Å²) in [6.45, 7) is 4.78. The summed E-state index contributed by atoms with van der Waals surface area (Å²) in [6.07, 6.45) is 3.23. The van der Waals surface area contributed by atoms with E-state index in [-0.39, 0.29) is 11.8 Å². The summed E-state index contributed by atoms with van der Waals surface area (Å²) < 4.78 is 5.42. The molecule has 26 heavy (non-hydrogen) atoms. The Labute approximate surface area is 153 Å². The zero-order valence-electron chi connectivity index (χ0n) is 14.9. The number of carbonyl (C=O) groups is 2. The molecule has 2 amide bonds. The van der Waals surface area contributed by atoms with Gasteiger partial charge in [-0.2, -0.15) is 0 Å². The Balaban J connectivity index is 1.43. The Hall–Kier alpha value is -2.86. The topological polar surface area (TPSA) is 65.8 Å². The predicted molar refractivity (Wildman–Crippen MR) is 101 cm³/mol. The highest BCUT2D eigenvalue weighted by Gasteiger charge is 2.21. The van der Waals surface area contributed by atoms with Crippen molar-refractivity contribution in [2.24, 2.45) is 0 Å². The summed E-state index contributed by atoms with van der Waals surface area (Å²) >= 11 is 0. The van der Waals surface area contributed by atoms with Crippen LogP contribution in [0.15, 0.2) is 53.0 Å². The number of anilines is 1. The van der Waals surface area contributed by atoms with Crippen LogP contribution in [0.1, 0.15) is 11.5 Å². The molecule has 2 aromatic rings. The summed E-state index contributed by atoms with van der Waals surface area (Å²) in [7, 11) is 0. The molecule has 6 nitrogen and oxygen atoms in total. The van der Waals surface area contributed by atoms with Gasteiger partial charge < -0.3 is 14.6 Å². The predicted octanol–water partition coefficient (Wildman–Crippen LogP) is 2.38. The number of hydrogen-bond donors (Lipinski definition) is 1. The minimum absolute atomic E-state index is 0.0348. The van der Waals surface area contributed by atoms with Gasteiger partial charge in [0.1, 0.15) is 11.5 Å². The number of aryl methyl sites for hydroxylation is 1. The van der Waals surface area contributed by atoms with Crippen LogP contribution in [-0.2, 0) is 9.59 Å². The first-order valence-electron chi connectivity index (χ1n) is 8.71. The van der Waals surface area contributed by atoms with Gasteiger partial charge in [-0.05, 0) is 37.3 Å². The number of benzene rings is 1. The molecule has 1 aliphatic rings. The van der Waals surface area contributed by atoms with Gasteiger partial charge in [0.15, 0.2) is 0 Å². The quantitative estimate of drug-likeness (QED) is 0.838. The molecule has 136 valence electrons. The third-order valence-corrected chi connectivity index (χ3v) is 4.26. The van der Waals surface area contributed by atoms with Crippen molar-refractivity contribution in [2.45, 2.75) is 6.92 Å². The number of para-hydroxylation sites is 1. The first-order valence-corrected chi connectivity index (χ1v) is 8.71. The normalized spacial score (nSPS) is 15.3. The van der Waals surface area contributed by atoms with Crippen LogP contribution in [0.2, 0.25) is 0 Å². The van der Waals surface area contributed by atoms with Crippen LogP contribution in [0.5, 0.6) is 0 Å². The monoisotopic (exact) mass is 353 g/mol. The van der Waals surface area contributed by atoms with Crippen LogP contribution >= 0.6 is 0 Å². The Kier molecular flexibility index (Phi) is 5.86. The lowest BCUT2D eigenvalue weighted by Gasteiger charge is -2.33. The maximum absolute atomic E-state index is 12.2. The standard InChI is InChI=1S/C20H23N3O3/c1-16-7-8-18(26-16)9-10-20(25)23-13-11-22(12-14-23)15-19(24)21-17-5-3-2-4-6-17/h2-10H,11-15H2,1H3,(H,21,24)/b10-9+. The first kappa shape index (κ1) is 17.9. The van der Waals surface area contributed by atoms with Gasteiger partial charge in [-0.15, -0.1) is 0 Å². The Morgan fingerprint density at radius 3 is 2.46 bits per heavy atom. The van der Waals surface area contributed by atoms with Gasteiger partial charge in [0.2, 0.25) is 11.8 Å². The smallest absolute Gasteiger partial charge is 0.246 e. The summed E-state index contributed by atoms with van der Waals surface area (Å²) in [5, 5.41) is 2.88. The molecule has 1 aromatic heterocycles. The van der Waals surface area contributed by atoms with Crippen molar-refractivity contribution >= 4 is 23.6 Å². The molecule has 1 saturated heterocycles. The fraction of sp³-hybridized carbons (Fsp3) is 0.300. The van der Waals surface area contributed by atoms with Crippen LogP contribution in [-0.4, -0.2) is 54.3 Å². The van der Waals surface area contributed by atoms with Gasteiger partial charge in [-0.3, -0.25) is 14.5 Å². The van der Waals surface area contributed by atoms with Gasteiger partial charge in [0, 0.05) is 37.9 Å². The summed E-state index contributed by atoms with van der Waals surface area (Å²) in [5.74, 6) is 1.42. The average Bonchev–Trinajstić information content (AvgIpc) is 3.06. The highest BCUT2D eigenvalue weighted by atomic mass is 16.3. The Morgan fingerprint density at radius 2 is 1.81 bits per heavy atom. The molecule has 0 saturated carbocycles. The average molecular weight is 353 g/mol. The second-order valence-corrected chi connectivity index (χ2v) is 6.30. The number of amides is 2. The number of hydrogen-bond acceptors (Lipinski definition) is 4. The van der Waals surface area contributed by atoms with Gasteiger partial charge in [-0.1, -0.05) is 18.2 Å². The van der Waals surface area contributed by atoms with E-state index in [1.165, 1.54) is 6.08 Å². The Morgan fingerprint density at radius 1 is 1.08 bits per heavy atom. The maximum Gasteiger partial charge on any atom is 0.246 e. The molecular formula is C20H23N3O3. The van der Waals surface area contributed by atoms with E-state index < -0.39 is 0 Å². The molecule has 0 aliphatic carbocycles. The number of nitrogens with zero attached hydrogens (tertiary/aromatic N) is 2. The molecular weight excluding hydrogens is 330 g/mol. The van der Waals surface area contributed by atoms with Crippen LogP contribution in [0.4, 0.5) is 5.69 Å². The van der Waals surface area contributed by atoms with Gasteiger partial charge in [0.05, 0.1) is 6.54 Å². The SMILES string of the molecule is Cc1ccc(/C=C/C(=O)N2CCN(CC(=O)Nc3ccccc3)CC2)o1. The van der Waals surface area contributed by atoms with Crippen LogP contribution < -0.4 is 5.32 Å². The van der Waals surface area contributed by atoms with E-state index in [1.807, 2.05) is 49.4 Å². The molecule has 1 fully saturated rings.